The maximum Gasteiger partial charge on any atom is 0.0444 e. The van der Waals surface area contributed by atoms with Crippen molar-refractivity contribution in [2.24, 2.45) is 0 Å². The number of rotatable bonds is 0. The summed E-state index contributed by atoms with van der Waals surface area (Å²) in [6.45, 7) is 6.66. The Balaban J connectivity index is 2.64. The van der Waals surface area contributed by atoms with Crippen LogP contribution in [0.3, 0.4) is 0 Å². The van der Waals surface area contributed by atoms with Gasteiger partial charge in [-0.15, -0.1) is 0 Å². The molecule has 0 aliphatic carbocycles. The molecule has 1 heteroatoms. The minimum atomic E-state index is 0.161. The number of nitrogens with zero attached hydrogens (tertiary/aromatic N) is 1. The Kier molecular flexibility index (Phi) is 1.91. The van der Waals surface area contributed by atoms with Gasteiger partial charge in [0.15, 0.2) is 0 Å². The van der Waals surface area contributed by atoms with Crippen molar-refractivity contribution in [3.05, 3.63) is 41.6 Å². The van der Waals surface area contributed by atoms with Crippen molar-refractivity contribution in [1.82, 2.24) is 0 Å². The highest BCUT2D eigenvalue weighted by atomic mass is 15.1. The smallest absolute Gasteiger partial charge is 0.0444 e. The van der Waals surface area contributed by atoms with Gasteiger partial charge in [-0.1, -0.05) is 37.6 Å². The quantitative estimate of drug-likeness (QED) is 0.602. The Morgan fingerprint density at radius 3 is 2.64 bits per heavy atom. The molecule has 0 spiro atoms. The van der Waals surface area contributed by atoms with E-state index in [1.807, 2.05) is 0 Å². The van der Waals surface area contributed by atoms with E-state index in [1.165, 1.54) is 16.8 Å². The lowest BCUT2D eigenvalue weighted by Gasteiger charge is -2.33. The molecule has 1 aliphatic rings. The highest BCUT2D eigenvalue weighted by Crippen LogP contribution is 2.37. The van der Waals surface area contributed by atoms with Gasteiger partial charge in [-0.05, 0) is 18.6 Å². The van der Waals surface area contributed by atoms with E-state index in [2.05, 4.69) is 63.2 Å². The lowest BCUT2D eigenvalue weighted by atomic mass is 9.81. The highest BCUT2D eigenvalue weighted by molar-refractivity contribution is 5.62. The van der Waals surface area contributed by atoms with Gasteiger partial charge in [0.25, 0.3) is 0 Å². The molecule has 1 aromatic carbocycles. The van der Waals surface area contributed by atoms with Crippen LogP contribution in [0.25, 0.3) is 0 Å². The Morgan fingerprint density at radius 2 is 1.93 bits per heavy atom. The summed E-state index contributed by atoms with van der Waals surface area (Å²) in [6.07, 6.45) is 4.41. The molecule has 74 valence electrons. The zero-order chi connectivity index (χ0) is 10.3. The van der Waals surface area contributed by atoms with Crippen LogP contribution < -0.4 is 4.90 Å². The molecule has 1 heterocycles. The van der Waals surface area contributed by atoms with Gasteiger partial charge in [0, 0.05) is 24.4 Å². The molecular formula is C13H17N. The summed E-state index contributed by atoms with van der Waals surface area (Å²) in [4.78, 5) is 2.18. The van der Waals surface area contributed by atoms with E-state index in [9.17, 15) is 0 Å². The third-order valence-corrected chi connectivity index (χ3v) is 2.94. The van der Waals surface area contributed by atoms with Crippen LogP contribution in [0.4, 0.5) is 5.69 Å². The summed E-state index contributed by atoms with van der Waals surface area (Å²) in [6, 6.07) is 6.66. The molecule has 1 nitrogen and oxygen atoms in total. The van der Waals surface area contributed by atoms with Crippen molar-refractivity contribution < 1.29 is 0 Å². The summed E-state index contributed by atoms with van der Waals surface area (Å²) < 4.78 is 0. The zero-order valence-electron chi connectivity index (χ0n) is 9.33. The summed E-state index contributed by atoms with van der Waals surface area (Å²) in [5, 5.41) is 0. The van der Waals surface area contributed by atoms with Gasteiger partial charge in [0.1, 0.15) is 0 Å². The van der Waals surface area contributed by atoms with E-state index in [-0.39, 0.29) is 5.41 Å². The first-order chi connectivity index (χ1) is 6.50. The number of allylic oxidation sites excluding steroid dienone is 1. The number of fused-ring (bicyclic) bond motifs is 1. The van der Waals surface area contributed by atoms with Crippen molar-refractivity contribution in [3.8, 4) is 0 Å². The van der Waals surface area contributed by atoms with Crippen LogP contribution >= 0.6 is 0 Å². The van der Waals surface area contributed by atoms with Crippen LogP contribution in [0.15, 0.2) is 30.5 Å². The summed E-state index contributed by atoms with van der Waals surface area (Å²) in [7, 11) is 2.10. The Morgan fingerprint density at radius 1 is 1.21 bits per heavy atom. The number of benzene rings is 1. The molecule has 0 amide bonds. The van der Waals surface area contributed by atoms with Gasteiger partial charge in [-0.25, -0.2) is 0 Å². The van der Waals surface area contributed by atoms with Crippen molar-refractivity contribution in [2.45, 2.75) is 26.2 Å². The zero-order valence-corrected chi connectivity index (χ0v) is 9.33. The molecule has 0 saturated heterocycles. The fourth-order valence-electron chi connectivity index (χ4n) is 1.94. The molecule has 1 aliphatic heterocycles. The van der Waals surface area contributed by atoms with E-state index in [4.69, 9.17) is 0 Å². The Bertz CT molecular complexity index is 388. The first-order valence-electron chi connectivity index (χ1n) is 5.04. The SMILES string of the molecule is Cc1ccc2c(c1)C(C)(C)C=CN2C. The minimum Gasteiger partial charge on any atom is -0.351 e. The molecular weight excluding hydrogens is 170 g/mol. The first-order valence-corrected chi connectivity index (χ1v) is 5.04. The van der Waals surface area contributed by atoms with Crippen LogP contribution in [0.2, 0.25) is 0 Å². The lowest BCUT2D eigenvalue weighted by Crippen LogP contribution is -2.25. The van der Waals surface area contributed by atoms with Crippen molar-refractivity contribution in [2.75, 3.05) is 11.9 Å². The fraction of sp³-hybridized carbons (Fsp3) is 0.385. The standard InChI is InChI=1S/C13H17N/c1-10-5-6-12-11(9-10)13(2,3)7-8-14(12)4/h5-9H,1-4H3. The van der Waals surface area contributed by atoms with Crippen LogP contribution in [-0.4, -0.2) is 7.05 Å². The van der Waals surface area contributed by atoms with Gasteiger partial charge in [-0.3, -0.25) is 0 Å². The number of anilines is 1. The van der Waals surface area contributed by atoms with Gasteiger partial charge in [0.2, 0.25) is 0 Å². The summed E-state index contributed by atoms with van der Waals surface area (Å²) in [5.41, 5.74) is 4.24. The van der Waals surface area contributed by atoms with Crippen LogP contribution in [0, 0.1) is 6.92 Å². The molecule has 0 saturated carbocycles. The molecule has 0 aromatic heterocycles. The van der Waals surface area contributed by atoms with Crippen molar-refractivity contribution in [3.63, 3.8) is 0 Å². The van der Waals surface area contributed by atoms with Crippen LogP contribution in [0.1, 0.15) is 25.0 Å². The molecule has 2 rings (SSSR count). The molecule has 0 N–H and O–H groups in total. The van der Waals surface area contributed by atoms with Crippen molar-refractivity contribution >= 4 is 5.69 Å². The number of hydrogen-bond acceptors (Lipinski definition) is 1. The second-order valence-electron chi connectivity index (χ2n) is 4.67. The maximum absolute atomic E-state index is 2.29. The van der Waals surface area contributed by atoms with Gasteiger partial charge < -0.3 is 4.90 Å². The molecule has 1 aromatic rings. The summed E-state index contributed by atoms with van der Waals surface area (Å²) in [5.74, 6) is 0. The van der Waals surface area contributed by atoms with Gasteiger partial charge in [-0.2, -0.15) is 0 Å². The normalized spacial score (nSPS) is 18.1. The van der Waals surface area contributed by atoms with E-state index in [1.54, 1.807) is 0 Å². The molecule has 0 unspecified atom stereocenters. The predicted molar refractivity (Wildman–Crippen MR) is 61.7 cm³/mol. The summed E-state index contributed by atoms with van der Waals surface area (Å²) >= 11 is 0. The number of hydrogen-bond donors (Lipinski definition) is 0. The predicted octanol–water partition coefficient (Wildman–Crippen LogP) is 3.24. The van der Waals surface area contributed by atoms with Crippen molar-refractivity contribution in [1.29, 1.82) is 0 Å². The Labute approximate surface area is 86.1 Å². The van der Waals surface area contributed by atoms with E-state index in [0.717, 1.165) is 0 Å². The first kappa shape index (κ1) is 9.32. The van der Waals surface area contributed by atoms with Gasteiger partial charge >= 0.3 is 0 Å². The molecule has 0 radical (unpaired) electrons. The lowest BCUT2D eigenvalue weighted by molar-refractivity contribution is 0.655. The number of aryl methyl sites for hydroxylation is 1. The maximum atomic E-state index is 2.29. The van der Waals surface area contributed by atoms with Crippen LogP contribution in [0.5, 0.6) is 0 Å². The van der Waals surface area contributed by atoms with Crippen LogP contribution in [-0.2, 0) is 5.41 Å². The average molecular weight is 187 g/mol. The molecule has 14 heavy (non-hydrogen) atoms. The largest absolute Gasteiger partial charge is 0.351 e. The molecule has 0 bridgehead atoms. The monoisotopic (exact) mass is 187 g/mol. The second kappa shape index (κ2) is 2.88. The van der Waals surface area contributed by atoms with E-state index >= 15 is 0 Å². The molecule has 0 fully saturated rings. The second-order valence-corrected chi connectivity index (χ2v) is 4.67. The van der Waals surface area contributed by atoms with Gasteiger partial charge in [0.05, 0.1) is 0 Å². The fourth-order valence-corrected chi connectivity index (χ4v) is 1.94. The topological polar surface area (TPSA) is 3.24 Å². The van der Waals surface area contributed by atoms with E-state index in [0.29, 0.717) is 0 Å². The third-order valence-electron chi connectivity index (χ3n) is 2.94. The third kappa shape index (κ3) is 1.33. The molecule has 0 atom stereocenters. The van der Waals surface area contributed by atoms with E-state index < -0.39 is 0 Å². The average Bonchev–Trinajstić information content (AvgIpc) is 2.12. The Hall–Kier alpha value is -1.24. The minimum absolute atomic E-state index is 0.161. The highest BCUT2D eigenvalue weighted by Gasteiger charge is 2.25.